The Kier molecular flexibility index (Phi) is 6.32. The molecule has 108 valence electrons. The number of hydrogen-bond donors (Lipinski definition) is 1. The Labute approximate surface area is 146 Å². The highest BCUT2D eigenvalue weighted by Gasteiger charge is 2.17. The summed E-state index contributed by atoms with van der Waals surface area (Å²) in [6, 6.07) is 8.62. The molecule has 20 heavy (non-hydrogen) atoms. The molecule has 0 aliphatic carbocycles. The van der Waals surface area contributed by atoms with E-state index in [1.54, 1.807) is 18.4 Å². The monoisotopic (exact) mass is 465 g/mol. The van der Waals surface area contributed by atoms with Crippen molar-refractivity contribution in [3.05, 3.63) is 48.1 Å². The van der Waals surface area contributed by atoms with Crippen molar-refractivity contribution in [3.8, 4) is 5.75 Å². The summed E-state index contributed by atoms with van der Waals surface area (Å²) in [6.07, 6.45) is 1.12. The van der Waals surface area contributed by atoms with Crippen molar-refractivity contribution in [1.82, 2.24) is 5.32 Å². The van der Waals surface area contributed by atoms with Crippen molar-refractivity contribution in [2.24, 2.45) is 0 Å². The van der Waals surface area contributed by atoms with Crippen molar-refractivity contribution in [3.63, 3.8) is 0 Å². The van der Waals surface area contributed by atoms with Gasteiger partial charge in [0.1, 0.15) is 5.75 Å². The molecule has 1 unspecified atom stereocenters. The molecule has 2 rings (SSSR count). The Morgan fingerprint density at radius 1 is 1.40 bits per heavy atom. The number of hydrogen-bond acceptors (Lipinski definition) is 3. The molecule has 0 aliphatic heterocycles. The summed E-state index contributed by atoms with van der Waals surface area (Å²) in [6.45, 7) is 3.18. The van der Waals surface area contributed by atoms with Crippen molar-refractivity contribution < 1.29 is 4.74 Å². The first-order chi connectivity index (χ1) is 9.65. The SMILES string of the molecule is CCCNC(c1csc(I)c1)c1ccc(OC)cc1Br. The summed E-state index contributed by atoms with van der Waals surface area (Å²) in [7, 11) is 1.69. The van der Waals surface area contributed by atoms with Crippen LogP contribution in [-0.4, -0.2) is 13.7 Å². The van der Waals surface area contributed by atoms with Crippen molar-refractivity contribution >= 4 is 49.9 Å². The zero-order valence-corrected chi connectivity index (χ0v) is 16.0. The van der Waals surface area contributed by atoms with Gasteiger partial charge in [0, 0.05) is 4.47 Å². The van der Waals surface area contributed by atoms with E-state index >= 15 is 0 Å². The maximum Gasteiger partial charge on any atom is 0.120 e. The quantitative estimate of drug-likeness (QED) is 0.591. The number of benzene rings is 1. The molecule has 0 saturated carbocycles. The molecule has 1 aromatic heterocycles. The molecule has 0 radical (unpaired) electrons. The van der Waals surface area contributed by atoms with Gasteiger partial charge in [-0.05, 0) is 70.3 Å². The maximum atomic E-state index is 5.27. The van der Waals surface area contributed by atoms with Crippen LogP contribution in [0.3, 0.4) is 0 Å². The van der Waals surface area contributed by atoms with Crippen LogP contribution in [0.4, 0.5) is 0 Å². The summed E-state index contributed by atoms with van der Waals surface area (Å²) in [5.74, 6) is 0.870. The van der Waals surface area contributed by atoms with Crippen molar-refractivity contribution in [2.45, 2.75) is 19.4 Å². The highest BCUT2D eigenvalue weighted by Crippen LogP contribution is 2.33. The third-order valence-corrected chi connectivity index (χ3v) is 5.53. The highest BCUT2D eigenvalue weighted by molar-refractivity contribution is 14.1. The highest BCUT2D eigenvalue weighted by atomic mass is 127. The van der Waals surface area contributed by atoms with Crippen LogP contribution < -0.4 is 10.1 Å². The maximum absolute atomic E-state index is 5.27. The first-order valence-electron chi connectivity index (χ1n) is 6.46. The minimum Gasteiger partial charge on any atom is -0.497 e. The smallest absolute Gasteiger partial charge is 0.120 e. The molecule has 1 aromatic carbocycles. The minimum absolute atomic E-state index is 0.218. The third-order valence-electron chi connectivity index (χ3n) is 3.04. The first kappa shape index (κ1) is 16.3. The Bertz CT molecular complexity index is 573. The normalized spacial score (nSPS) is 12.4. The van der Waals surface area contributed by atoms with E-state index in [0.29, 0.717) is 0 Å². The van der Waals surface area contributed by atoms with Crippen LogP contribution in [0.25, 0.3) is 0 Å². The van der Waals surface area contributed by atoms with Crippen molar-refractivity contribution in [1.29, 1.82) is 0 Å². The number of ether oxygens (including phenoxy) is 1. The van der Waals surface area contributed by atoms with Gasteiger partial charge in [0.25, 0.3) is 0 Å². The van der Waals surface area contributed by atoms with E-state index in [0.717, 1.165) is 23.2 Å². The topological polar surface area (TPSA) is 21.3 Å². The molecule has 0 spiro atoms. The van der Waals surface area contributed by atoms with E-state index in [-0.39, 0.29) is 6.04 Å². The zero-order chi connectivity index (χ0) is 14.5. The van der Waals surface area contributed by atoms with Crippen LogP contribution >= 0.6 is 49.9 Å². The number of halogens is 2. The lowest BCUT2D eigenvalue weighted by atomic mass is 10.0. The van der Waals surface area contributed by atoms with Gasteiger partial charge in [-0.3, -0.25) is 0 Å². The van der Waals surface area contributed by atoms with Gasteiger partial charge in [-0.15, -0.1) is 11.3 Å². The Hall–Kier alpha value is -0.110. The van der Waals surface area contributed by atoms with E-state index in [2.05, 4.69) is 68.3 Å². The predicted molar refractivity (Wildman–Crippen MR) is 97.9 cm³/mol. The van der Waals surface area contributed by atoms with Gasteiger partial charge in [0.15, 0.2) is 0 Å². The molecule has 1 N–H and O–H groups in total. The molecule has 0 amide bonds. The Morgan fingerprint density at radius 3 is 2.75 bits per heavy atom. The fourth-order valence-corrected chi connectivity index (χ4v) is 4.02. The molecule has 5 heteroatoms. The summed E-state index contributed by atoms with van der Waals surface area (Å²) in [5.41, 5.74) is 2.56. The first-order valence-corrected chi connectivity index (χ1v) is 9.21. The second-order valence-corrected chi connectivity index (χ2v) is 8.12. The summed E-state index contributed by atoms with van der Waals surface area (Å²) in [5, 5.41) is 5.85. The lowest BCUT2D eigenvalue weighted by Crippen LogP contribution is -2.23. The molecule has 2 nitrogen and oxygen atoms in total. The van der Waals surface area contributed by atoms with Gasteiger partial charge < -0.3 is 10.1 Å². The average Bonchev–Trinajstić information content (AvgIpc) is 2.87. The minimum atomic E-state index is 0.218. The Morgan fingerprint density at radius 2 is 2.20 bits per heavy atom. The van der Waals surface area contributed by atoms with E-state index in [9.17, 15) is 0 Å². The van der Waals surface area contributed by atoms with Crippen molar-refractivity contribution in [2.75, 3.05) is 13.7 Å². The molecular formula is C15H17BrINOS. The van der Waals surface area contributed by atoms with E-state index in [1.807, 2.05) is 12.1 Å². The molecule has 0 aliphatic rings. The summed E-state index contributed by atoms with van der Waals surface area (Å²) >= 11 is 7.82. The molecule has 0 saturated heterocycles. The average molecular weight is 466 g/mol. The molecular weight excluding hydrogens is 449 g/mol. The molecule has 1 atom stereocenters. The fraction of sp³-hybridized carbons (Fsp3) is 0.333. The largest absolute Gasteiger partial charge is 0.497 e. The molecule has 0 fully saturated rings. The number of methoxy groups -OCH3 is 1. The predicted octanol–water partition coefficient (Wildman–Crippen LogP) is 5.21. The van der Waals surface area contributed by atoms with Gasteiger partial charge in [-0.25, -0.2) is 0 Å². The third kappa shape index (κ3) is 3.96. The van der Waals surface area contributed by atoms with E-state index in [4.69, 9.17) is 4.74 Å². The van der Waals surface area contributed by atoms with Crippen LogP contribution in [0.2, 0.25) is 0 Å². The lowest BCUT2D eigenvalue weighted by Gasteiger charge is -2.20. The van der Waals surface area contributed by atoms with Gasteiger partial charge in [0.2, 0.25) is 0 Å². The molecule has 0 bridgehead atoms. The molecule has 1 heterocycles. The van der Waals surface area contributed by atoms with E-state index < -0.39 is 0 Å². The van der Waals surface area contributed by atoms with Crippen LogP contribution in [0.15, 0.2) is 34.1 Å². The second-order valence-electron chi connectivity index (χ2n) is 4.46. The summed E-state index contributed by atoms with van der Waals surface area (Å²) < 4.78 is 7.66. The summed E-state index contributed by atoms with van der Waals surface area (Å²) in [4.78, 5) is 0. The molecule has 2 aromatic rings. The number of nitrogens with one attached hydrogen (secondary N) is 1. The van der Waals surface area contributed by atoms with Gasteiger partial charge in [-0.1, -0.05) is 28.9 Å². The fourth-order valence-electron chi connectivity index (χ4n) is 2.04. The van der Waals surface area contributed by atoms with Crippen LogP contribution in [0.5, 0.6) is 5.75 Å². The lowest BCUT2D eigenvalue weighted by molar-refractivity contribution is 0.414. The van der Waals surface area contributed by atoms with Crippen LogP contribution in [0, 0.1) is 2.88 Å². The zero-order valence-electron chi connectivity index (χ0n) is 11.5. The van der Waals surface area contributed by atoms with Gasteiger partial charge in [0.05, 0.1) is 16.0 Å². The number of rotatable bonds is 6. The van der Waals surface area contributed by atoms with Crippen LogP contribution in [0.1, 0.15) is 30.5 Å². The van der Waals surface area contributed by atoms with Crippen LogP contribution in [-0.2, 0) is 0 Å². The van der Waals surface area contributed by atoms with Gasteiger partial charge in [-0.2, -0.15) is 0 Å². The van der Waals surface area contributed by atoms with E-state index in [1.165, 1.54) is 14.0 Å². The number of thiophene rings is 1. The standard InChI is InChI=1S/C15H17BrINOS/c1-3-6-18-15(10-7-14(17)20-9-10)12-5-4-11(19-2)8-13(12)16/h4-5,7-9,15,18H,3,6H2,1-2H3. The Balaban J connectivity index is 2.35. The van der Waals surface area contributed by atoms with Gasteiger partial charge >= 0.3 is 0 Å². The second kappa shape index (κ2) is 7.77.